The number of benzene rings is 1. The van der Waals surface area contributed by atoms with Crippen molar-refractivity contribution >= 4 is 5.78 Å². The van der Waals surface area contributed by atoms with Crippen LogP contribution < -0.4 is 9.47 Å². The van der Waals surface area contributed by atoms with Gasteiger partial charge in [0.15, 0.2) is 17.3 Å². The van der Waals surface area contributed by atoms with Gasteiger partial charge in [-0.3, -0.25) is 4.79 Å². The highest BCUT2D eigenvalue weighted by Crippen LogP contribution is 2.50. The van der Waals surface area contributed by atoms with Crippen molar-refractivity contribution in [1.29, 1.82) is 0 Å². The fourth-order valence-corrected chi connectivity index (χ4v) is 4.63. The van der Waals surface area contributed by atoms with E-state index in [-0.39, 0.29) is 24.6 Å². The SMILES string of the molecule is COC1(C)OC2C(=O)CC3c4cc5c(cc4COC3C2OC1(C)OC)OCO5. The van der Waals surface area contributed by atoms with Crippen LogP contribution in [0.1, 0.15) is 37.3 Å². The van der Waals surface area contributed by atoms with Crippen LogP contribution in [-0.2, 0) is 35.1 Å². The van der Waals surface area contributed by atoms with Gasteiger partial charge in [-0.2, -0.15) is 0 Å². The second kappa shape index (κ2) is 6.14. The number of carbonyl (C=O) groups is 1. The standard InChI is InChI=1S/C20H24O8/c1-19(22-3)20(2,23-4)28-18-16-12(6-13(21)17(18)27-19)11-7-15-14(25-9-26-15)5-10(11)8-24-16/h5,7,12,16-18H,6,8-9H2,1-4H3. The molecule has 6 atom stereocenters. The highest BCUT2D eigenvalue weighted by atomic mass is 16.8. The number of hydrogen-bond donors (Lipinski definition) is 0. The molecule has 2 fully saturated rings. The van der Waals surface area contributed by atoms with Crippen LogP contribution in [0.4, 0.5) is 0 Å². The molecule has 1 aromatic carbocycles. The van der Waals surface area contributed by atoms with Gasteiger partial charge >= 0.3 is 0 Å². The van der Waals surface area contributed by atoms with E-state index in [1.807, 2.05) is 12.1 Å². The smallest absolute Gasteiger partial charge is 0.231 e. The van der Waals surface area contributed by atoms with Crippen molar-refractivity contribution in [3.63, 3.8) is 0 Å². The summed E-state index contributed by atoms with van der Waals surface area (Å²) in [5.74, 6) is -1.19. The number of ether oxygens (including phenoxy) is 7. The summed E-state index contributed by atoms with van der Waals surface area (Å²) in [5.41, 5.74) is 2.04. The Balaban J connectivity index is 1.52. The summed E-state index contributed by atoms with van der Waals surface area (Å²) < 4.78 is 40.7. The third-order valence-electron chi connectivity index (χ3n) is 6.54. The highest BCUT2D eigenvalue weighted by Gasteiger charge is 2.62. The quantitative estimate of drug-likeness (QED) is 0.755. The Hall–Kier alpha value is -1.71. The number of carbonyl (C=O) groups excluding carboxylic acids is 1. The molecular weight excluding hydrogens is 368 g/mol. The van der Waals surface area contributed by atoms with Gasteiger partial charge in [-0.1, -0.05) is 0 Å². The van der Waals surface area contributed by atoms with Gasteiger partial charge in [0.2, 0.25) is 18.4 Å². The minimum Gasteiger partial charge on any atom is -0.454 e. The Morgan fingerprint density at radius 2 is 1.68 bits per heavy atom. The van der Waals surface area contributed by atoms with Gasteiger partial charge in [0.25, 0.3) is 0 Å². The molecule has 3 heterocycles. The van der Waals surface area contributed by atoms with E-state index in [0.29, 0.717) is 24.5 Å². The van der Waals surface area contributed by atoms with Crippen molar-refractivity contribution in [1.82, 2.24) is 0 Å². The van der Waals surface area contributed by atoms with E-state index >= 15 is 0 Å². The summed E-state index contributed by atoms with van der Waals surface area (Å²) in [4.78, 5) is 13.0. The topological polar surface area (TPSA) is 81.7 Å². The summed E-state index contributed by atoms with van der Waals surface area (Å²) in [7, 11) is 3.04. The molecule has 1 saturated heterocycles. The first-order valence-electron chi connectivity index (χ1n) is 9.42. The van der Waals surface area contributed by atoms with Gasteiger partial charge in [-0.05, 0) is 37.1 Å². The molecule has 6 unspecified atom stereocenters. The third kappa shape index (κ3) is 2.39. The first-order chi connectivity index (χ1) is 13.4. The number of methoxy groups -OCH3 is 2. The zero-order valence-corrected chi connectivity index (χ0v) is 16.4. The van der Waals surface area contributed by atoms with Crippen LogP contribution in [0.15, 0.2) is 12.1 Å². The molecule has 28 heavy (non-hydrogen) atoms. The largest absolute Gasteiger partial charge is 0.454 e. The summed E-state index contributed by atoms with van der Waals surface area (Å²) >= 11 is 0. The molecule has 152 valence electrons. The lowest BCUT2D eigenvalue weighted by Gasteiger charge is -2.56. The predicted molar refractivity (Wildman–Crippen MR) is 94.1 cm³/mol. The lowest BCUT2D eigenvalue weighted by molar-refractivity contribution is -0.451. The van der Waals surface area contributed by atoms with Gasteiger partial charge in [-0.25, -0.2) is 0 Å². The van der Waals surface area contributed by atoms with Crippen LogP contribution in [-0.4, -0.2) is 56.7 Å². The second-order valence-corrected chi connectivity index (χ2v) is 7.88. The van der Waals surface area contributed by atoms with Crippen molar-refractivity contribution in [2.24, 2.45) is 0 Å². The normalized spacial score (nSPS) is 41.2. The number of ketones is 1. The zero-order chi connectivity index (χ0) is 19.7. The highest BCUT2D eigenvalue weighted by molar-refractivity contribution is 5.86. The molecule has 0 radical (unpaired) electrons. The average Bonchev–Trinajstić information content (AvgIpc) is 3.15. The molecule has 0 N–H and O–H groups in total. The van der Waals surface area contributed by atoms with Crippen LogP contribution >= 0.6 is 0 Å². The number of hydrogen-bond acceptors (Lipinski definition) is 8. The van der Waals surface area contributed by atoms with Gasteiger partial charge in [0, 0.05) is 26.6 Å². The predicted octanol–water partition coefficient (Wildman–Crippen LogP) is 1.88. The molecule has 4 aliphatic rings. The van der Waals surface area contributed by atoms with Crippen molar-refractivity contribution in [3.8, 4) is 11.5 Å². The first kappa shape index (κ1) is 18.3. The van der Waals surface area contributed by atoms with Crippen LogP contribution in [0.3, 0.4) is 0 Å². The molecule has 1 saturated carbocycles. The van der Waals surface area contributed by atoms with Crippen molar-refractivity contribution < 1.29 is 38.0 Å². The molecule has 8 heteroatoms. The van der Waals surface area contributed by atoms with Gasteiger partial charge in [0.1, 0.15) is 12.2 Å². The Morgan fingerprint density at radius 1 is 1.00 bits per heavy atom. The third-order valence-corrected chi connectivity index (χ3v) is 6.54. The van der Waals surface area contributed by atoms with Crippen molar-refractivity contribution in [2.45, 2.75) is 62.7 Å². The second-order valence-electron chi connectivity index (χ2n) is 7.88. The molecule has 0 bridgehead atoms. The summed E-state index contributed by atoms with van der Waals surface area (Å²) in [6.45, 7) is 4.06. The molecule has 5 rings (SSSR count). The van der Waals surface area contributed by atoms with Crippen molar-refractivity contribution in [2.75, 3.05) is 21.0 Å². The number of rotatable bonds is 2. The van der Waals surface area contributed by atoms with Gasteiger partial charge in [-0.15, -0.1) is 0 Å². The molecular formula is C20H24O8. The molecule has 0 spiro atoms. The summed E-state index contributed by atoms with van der Waals surface area (Å²) in [6.07, 6.45) is -1.42. The van der Waals surface area contributed by atoms with E-state index in [1.165, 1.54) is 14.2 Å². The van der Waals surface area contributed by atoms with E-state index in [4.69, 9.17) is 33.2 Å². The lowest BCUT2D eigenvalue weighted by atomic mass is 9.74. The van der Waals surface area contributed by atoms with Gasteiger partial charge in [0.05, 0.1) is 12.7 Å². The zero-order valence-electron chi connectivity index (χ0n) is 16.4. The number of fused-ring (bicyclic) bond motifs is 6. The van der Waals surface area contributed by atoms with Crippen LogP contribution in [0.5, 0.6) is 11.5 Å². The van der Waals surface area contributed by atoms with Crippen LogP contribution in [0.2, 0.25) is 0 Å². The van der Waals surface area contributed by atoms with E-state index in [2.05, 4.69) is 0 Å². The molecule has 8 nitrogen and oxygen atoms in total. The van der Waals surface area contributed by atoms with E-state index in [9.17, 15) is 4.79 Å². The molecule has 0 amide bonds. The minimum absolute atomic E-state index is 0.0400. The molecule has 0 aromatic heterocycles. The monoisotopic (exact) mass is 392 g/mol. The number of Topliss-reactive ketones (excluding diaryl/α,β-unsaturated/α-hetero) is 1. The molecule has 1 aliphatic carbocycles. The lowest BCUT2D eigenvalue weighted by Crippen LogP contribution is -2.70. The fraction of sp³-hybridized carbons (Fsp3) is 0.650. The maximum Gasteiger partial charge on any atom is 0.231 e. The maximum absolute atomic E-state index is 13.0. The maximum atomic E-state index is 13.0. The van der Waals surface area contributed by atoms with Crippen LogP contribution in [0, 0.1) is 0 Å². The molecule has 3 aliphatic heterocycles. The average molecular weight is 392 g/mol. The Labute approximate surface area is 162 Å². The Bertz CT molecular complexity index is 825. The van der Waals surface area contributed by atoms with E-state index < -0.39 is 23.8 Å². The van der Waals surface area contributed by atoms with E-state index in [0.717, 1.165) is 11.1 Å². The van der Waals surface area contributed by atoms with Crippen molar-refractivity contribution in [3.05, 3.63) is 23.3 Å². The van der Waals surface area contributed by atoms with Crippen LogP contribution in [0.25, 0.3) is 0 Å². The Morgan fingerprint density at radius 3 is 2.39 bits per heavy atom. The van der Waals surface area contributed by atoms with Gasteiger partial charge < -0.3 is 33.2 Å². The Kier molecular flexibility index (Phi) is 4.02. The fourth-order valence-electron chi connectivity index (χ4n) is 4.63. The summed E-state index contributed by atoms with van der Waals surface area (Å²) in [5, 5.41) is 0. The molecule has 1 aromatic rings. The van der Waals surface area contributed by atoms with E-state index in [1.54, 1.807) is 13.8 Å². The summed E-state index contributed by atoms with van der Waals surface area (Å²) in [6, 6.07) is 3.90. The minimum atomic E-state index is -1.22. The first-order valence-corrected chi connectivity index (χ1v) is 9.42.